The Morgan fingerprint density at radius 1 is 1.19 bits per heavy atom. The number of amides is 1. The maximum absolute atomic E-state index is 12.7. The van der Waals surface area contributed by atoms with Gasteiger partial charge in [0.1, 0.15) is 5.82 Å². The van der Waals surface area contributed by atoms with E-state index in [2.05, 4.69) is 25.1 Å². The molecule has 138 valence electrons. The SMILES string of the molecule is Cc1cc(Cl)ccc1C(=O)NC1CCc2nnc(-c3ccncc3)n2CC1. The van der Waals surface area contributed by atoms with Crippen LogP contribution in [0.1, 0.15) is 34.6 Å². The van der Waals surface area contributed by atoms with Gasteiger partial charge in [0.2, 0.25) is 0 Å². The minimum atomic E-state index is -0.0545. The summed E-state index contributed by atoms with van der Waals surface area (Å²) in [6, 6.07) is 9.31. The molecule has 3 heterocycles. The van der Waals surface area contributed by atoms with Crippen molar-refractivity contribution < 1.29 is 4.79 Å². The Morgan fingerprint density at radius 2 is 2.00 bits per heavy atom. The van der Waals surface area contributed by atoms with Gasteiger partial charge in [-0.2, -0.15) is 0 Å². The molecule has 1 unspecified atom stereocenters. The second-order valence-corrected chi connectivity index (χ2v) is 7.22. The Labute approximate surface area is 162 Å². The summed E-state index contributed by atoms with van der Waals surface area (Å²) in [6.45, 7) is 2.67. The van der Waals surface area contributed by atoms with Crippen molar-refractivity contribution in [2.45, 2.75) is 38.8 Å². The summed E-state index contributed by atoms with van der Waals surface area (Å²) in [5.41, 5.74) is 2.55. The number of aryl methyl sites for hydroxylation is 2. The summed E-state index contributed by atoms with van der Waals surface area (Å²) in [5, 5.41) is 12.5. The number of fused-ring (bicyclic) bond motifs is 1. The molecule has 0 radical (unpaired) electrons. The number of halogens is 1. The highest BCUT2D eigenvalue weighted by Crippen LogP contribution is 2.23. The predicted molar refractivity (Wildman–Crippen MR) is 104 cm³/mol. The van der Waals surface area contributed by atoms with E-state index >= 15 is 0 Å². The van der Waals surface area contributed by atoms with Crippen molar-refractivity contribution in [1.82, 2.24) is 25.1 Å². The van der Waals surface area contributed by atoms with E-state index in [4.69, 9.17) is 11.6 Å². The molecule has 6 nitrogen and oxygen atoms in total. The van der Waals surface area contributed by atoms with Gasteiger partial charge in [0.25, 0.3) is 5.91 Å². The van der Waals surface area contributed by atoms with Crippen LogP contribution in [0.4, 0.5) is 0 Å². The molecule has 0 spiro atoms. The van der Waals surface area contributed by atoms with E-state index < -0.39 is 0 Å². The number of benzene rings is 1. The van der Waals surface area contributed by atoms with Gasteiger partial charge < -0.3 is 9.88 Å². The molecule has 4 rings (SSSR count). The molecule has 0 aliphatic carbocycles. The topological polar surface area (TPSA) is 72.7 Å². The summed E-state index contributed by atoms with van der Waals surface area (Å²) >= 11 is 5.99. The van der Waals surface area contributed by atoms with Gasteiger partial charge in [-0.3, -0.25) is 9.78 Å². The summed E-state index contributed by atoms with van der Waals surface area (Å²) in [6.07, 6.45) is 5.97. The third-order valence-electron chi connectivity index (χ3n) is 4.95. The Morgan fingerprint density at radius 3 is 2.78 bits per heavy atom. The molecule has 1 aliphatic rings. The summed E-state index contributed by atoms with van der Waals surface area (Å²) < 4.78 is 2.15. The third-order valence-corrected chi connectivity index (χ3v) is 5.19. The number of rotatable bonds is 3. The molecular formula is C20H20ClN5O. The van der Waals surface area contributed by atoms with Gasteiger partial charge in [0.15, 0.2) is 5.82 Å². The first kappa shape index (κ1) is 17.7. The maximum Gasteiger partial charge on any atom is 0.251 e. The van der Waals surface area contributed by atoms with E-state index in [0.29, 0.717) is 10.6 Å². The van der Waals surface area contributed by atoms with Gasteiger partial charge in [0, 0.05) is 47.6 Å². The van der Waals surface area contributed by atoms with Crippen LogP contribution in [0.5, 0.6) is 0 Å². The average Bonchev–Trinajstić information content (AvgIpc) is 2.97. The smallest absolute Gasteiger partial charge is 0.251 e. The number of hydrogen-bond donors (Lipinski definition) is 1. The van der Waals surface area contributed by atoms with E-state index in [-0.39, 0.29) is 11.9 Å². The molecule has 0 saturated heterocycles. The number of carbonyl (C=O) groups excluding carboxylic acids is 1. The fourth-order valence-electron chi connectivity index (χ4n) is 3.49. The van der Waals surface area contributed by atoms with Gasteiger partial charge in [-0.1, -0.05) is 11.6 Å². The fraction of sp³-hybridized carbons (Fsp3) is 0.300. The van der Waals surface area contributed by atoms with E-state index in [1.807, 2.05) is 25.1 Å². The molecule has 27 heavy (non-hydrogen) atoms. The van der Waals surface area contributed by atoms with Gasteiger partial charge >= 0.3 is 0 Å². The van der Waals surface area contributed by atoms with Crippen molar-refractivity contribution in [3.05, 3.63) is 64.7 Å². The van der Waals surface area contributed by atoms with Crippen molar-refractivity contribution in [1.29, 1.82) is 0 Å². The fourth-order valence-corrected chi connectivity index (χ4v) is 3.72. The lowest BCUT2D eigenvalue weighted by molar-refractivity contribution is 0.0932. The Kier molecular flexibility index (Phi) is 4.90. The summed E-state index contributed by atoms with van der Waals surface area (Å²) in [7, 11) is 0. The van der Waals surface area contributed by atoms with Crippen LogP contribution in [0.2, 0.25) is 5.02 Å². The molecule has 1 amide bonds. The number of hydrogen-bond acceptors (Lipinski definition) is 4. The average molecular weight is 382 g/mol. The van der Waals surface area contributed by atoms with E-state index in [9.17, 15) is 4.79 Å². The number of nitrogens with one attached hydrogen (secondary N) is 1. The van der Waals surface area contributed by atoms with Crippen LogP contribution >= 0.6 is 11.6 Å². The first-order valence-corrected chi connectivity index (χ1v) is 9.39. The van der Waals surface area contributed by atoms with E-state index in [0.717, 1.165) is 48.6 Å². The highest BCUT2D eigenvalue weighted by Gasteiger charge is 2.22. The third kappa shape index (κ3) is 3.71. The zero-order chi connectivity index (χ0) is 18.8. The number of carbonyl (C=O) groups is 1. The lowest BCUT2D eigenvalue weighted by Crippen LogP contribution is -2.35. The minimum absolute atomic E-state index is 0.0545. The van der Waals surface area contributed by atoms with Gasteiger partial charge in [-0.05, 0) is 55.7 Å². The number of nitrogens with zero attached hydrogens (tertiary/aromatic N) is 4. The molecule has 7 heteroatoms. The summed E-state index contributed by atoms with van der Waals surface area (Å²) in [5.74, 6) is 1.76. The molecule has 2 aromatic heterocycles. The molecule has 3 aromatic rings. The number of aromatic nitrogens is 4. The second kappa shape index (κ2) is 7.48. The van der Waals surface area contributed by atoms with Crippen LogP contribution in [0.25, 0.3) is 11.4 Å². The Hall–Kier alpha value is -2.73. The molecule has 0 saturated carbocycles. The standard InChI is InChI=1S/C20H20ClN5O/c1-13-12-15(21)2-4-17(13)20(27)23-16-3-5-18-24-25-19(26(18)11-8-16)14-6-9-22-10-7-14/h2,4,6-7,9-10,12,16H,3,5,8,11H2,1H3,(H,23,27). The van der Waals surface area contributed by atoms with Crippen molar-refractivity contribution >= 4 is 17.5 Å². The molecule has 1 aliphatic heterocycles. The van der Waals surface area contributed by atoms with Gasteiger partial charge in [0.05, 0.1) is 0 Å². The molecule has 1 atom stereocenters. The van der Waals surface area contributed by atoms with Gasteiger partial charge in [-0.15, -0.1) is 10.2 Å². The van der Waals surface area contributed by atoms with Crippen molar-refractivity contribution in [2.24, 2.45) is 0 Å². The summed E-state index contributed by atoms with van der Waals surface area (Å²) in [4.78, 5) is 16.7. The highest BCUT2D eigenvalue weighted by atomic mass is 35.5. The first-order valence-electron chi connectivity index (χ1n) is 9.01. The molecule has 0 fully saturated rings. The monoisotopic (exact) mass is 381 g/mol. The van der Waals surface area contributed by atoms with Crippen LogP contribution in [0.15, 0.2) is 42.7 Å². The minimum Gasteiger partial charge on any atom is -0.349 e. The zero-order valence-corrected chi connectivity index (χ0v) is 15.8. The second-order valence-electron chi connectivity index (χ2n) is 6.78. The van der Waals surface area contributed by atoms with Gasteiger partial charge in [-0.25, -0.2) is 0 Å². The van der Waals surface area contributed by atoms with Crippen LogP contribution in [-0.4, -0.2) is 31.7 Å². The molecule has 1 N–H and O–H groups in total. The zero-order valence-electron chi connectivity index (χ0n) is 15.0. The predicted octanol–water partition coefficient (Wildman–Crippen LogP) is 3.44. The molecule has 1 aromatic carbocycles. The lowest BCUT2D eigenvalue weighted by Gasteiger charge is -2.17. The molecular weight excluding hydrogens is 362 g/mol. The van der Waals surface area contributed by atoms with E-state index in [1.165, 1.54) is 0 Å². The van der Waals surface area contributed by atoms with E-state index in [1.54, 1.807) is 24.5 Å². The van der Waals surface area contributed by atoms with Crippen LogP contribution in [-0.2, 0) is 13.0 Å². The van der Waals surface area contributed by atoms with Crippen LogP contribution in [0, 0.1) is 6.92 Å². The lowest BCUT2D eigenvalue weighted by atomic mass is 10.1. The van der Waals surface area contributed by atoms with Crippen molar-refractivity contribution in [3.63, 3.8) is 0 Å². The largest absolute Gasteiger partial charge is 0.349 e. The van der Waals surface area contributed by atoms with Crippen molar-refractivity contribution in [2.75, 3.05) is 0 Å². The first-order chi connectivity index (χ1) is 13.1. The van der Waals surface area contributed by atoms with Crippen LogP contribution in [0.3, 0.4) is 0 Å². The Bertz CT molecular complexity index is 970. The maximum atomic E-state index is 12.7. The molecule has 0 bridgehead atoms. The van der Waals surface area contributed by atoms with Crippen LogP contribution < -0.4 is 5.32 Å². The number of pyridine rings is 1. The normalized spacial score (nSPS) is 16.4. The van der Waals surface area contributed by atoms with Crippen molar-refractivity contribution in [3.8, 4) is 11.4 Å². The quantitative estimate of drug-likeness (QED) is 0.754. The Balaban J connectivity index is 1.48. The highest BCUT2D eigenvalue weighted by molar-refractivity contribution is 6.30.